The van der Waals surface area contributed by atoms with Gasteiger partial charge in [-0.1, -0.05) is 48.2 Å². The van der Waals surface area contributed by atoms with Gasteiger partial charge in [0.2, 0.25) is 0 Å². The van der Waals surface area contributed by atoms with Gasteiger partial charge in [0.25, 0.3) is 0 Å². The third kappa shape index (κ3) is 2.74. The Balaban J connectivity index is 1.58. The molecule has 132 valence electrons. The van der Waals surface area contributed by atoms with Gasteiger partial charge in [-0.2, -0.15) is 0 Å². The zero-order chi connectivity index (χ0) is 17.7. The summed E-state index contributed by atoms with van der Waals surface area (Å²) in [5, 5.41) is 2.62. The van der Waals surface area contributed by atoms with Gasteiger partial charge < -0.3 is 0 Å². The molecular formula is C25H27N. The fourth-order valence-corrected chi connectivity index (χ4v) is 5.55. The smallest absolute Gasteiger partial charge is 0.0780 e. The van der Waals surface area contributed by atoms with Crippen LogP contribution in [-0.4, -0.2) is 4.98 Å². The zero-order valence-corrected chi connectivity index (χ0v) is 15.8. The van der Waals surface area contributed by atoms with Crippen molar-refractivity contribution in [3.8, 4) is 11.3 Å². The van der Waals surface area contributed by atoms with Gasteiger partial charge >= 0.3 is 0 Å². The molecule has 1 heterocycles. The molecule has 3 saturated carbocycles. The highest BCUT2D eigenvalue weighted by Gasteiger charge is 2.36. The Morgan fingerprint density at radius 3 is 2.31 bits per heavy atom. The summed E-state index contributed by atoms with van der Waals surface area (Å²) in [5.41, 5.74) is 6.51. The first-order valence-electron chi connectivity index (χ1n) is 10.1. The first kappa shape index (κ1) is 16.1. The van der Waals surface area contributed by atoms with E-state index in [2.05, 4.69) is 56.3 Å². The Kier molecular flexibility index (Phi) is 3.85. The predicted octanol–water partition coefficient (Wildman–Crippen LogP) is 6.81. The summed E-state index contributed by atoms with van der Waals surface area (Å²) in [6.07, 6.45) is 9.21. The number of hydrogen-bond donors (Lipinski definition) is 0. The Morgan fingerprint density at radius 1 is 0.846 bits per heavy atom. The molecule has 0 aliphatic heterocycles. The second-order valence-electron chi connectivity index (χ2n) is 8.64. The van der Waals surface area contributed by atoms with Crippen molar-refractivity contribution in [1.29, 1.82) is 0 Å². The third-order valence-corrected chi connectivity index (χ3v) is 6.76. The lowest BCUT2D eigenvalue weighted by atomic mass is 9.63. The molecule has 0 amide bonds. The van der Waals surface area contributed by atoms with E-state index in [0.717, 1.165) is 23.4 Å². The van der Waals surface area contributed by atoms with Gasteiger partial charge in [-0.3, -0.25) is 4.98 Å². The van der Waals surface area contributed by atoms with Crippen LogP contribution >= 0.6 is 0 Å². The summed E-state index contributed by atoms with van der Waals surface area (Å²) < 4.78 is 0. The number of rotatable bonds is 2. The number of hydrogen-bond acceptors (Lipinski definition) is 1. The summed E-state index contributed by atoms with van der Waals surface area (Å²) in [7, 11) is 0. The van der Waals surface area contributed by atoms with Crippen LogP contribution in [0.3, 0.4) is 0 Å². The molecule has 0 N–H and O–H groups in total. The van der Waals surface area contributed by atoms with Crippen LogP contribution in [0.2, 0.25) is 0 Å². The monoisotopic (exact) mass is 341 g/mol. The van der Waals surface area contributed by atoms with Crippen LogP contribution < -0.4 is 0 Å². The summed E-state index contributed by atoms with van der Waals surface area (Å²) in [6.45, 7) is 4.33. The van der Waals surface area contributed by atoms with Gasteiger partial charge in [-0.15, -0.1) is 0 Å². The maximum atomic E-state index is 4.74. The molecule has 6 rings (SSSR count). The van der Waals surface area contributed by atoms with E-state index >= 15 is 0 Å². The molecule has 3 aromatic rings. The molecule has 1 heteroatoms. The lowest BCUT2D eigenvalue weighted by Gasteiger charge is -2.42. The average Bonchev–Trinajstić information content (AvgIpc) is 2.67. The quantitative estimate of drug-likeness (QED) is 0.499. The van der Waals surface area contributed by atoms with E-state index in [1.807, 2.05) is 6.20 Å². The molecule has 3 fully saturated rings. The molecule has 1 unspecified atom stereocenters. The van der Waals surface area contributed by atoms with Crippen molar-refractivity contribution in [2.75, 3.05) is 0 Å². The summed E-state index contributed by atoms with van der Waals surface area (Å²) >= 11 is 0. The van der Waals surface area contributed by atoms with Crippen molar-refractivity contribution in [1.82, 2.24) is 4.98 Å². The number of aryl methyl sites for hydroxylation is 2. The van der Waals surface area contributed by atoms with Crippen LogP contribution in [0.15, 0.2) is 48.7 Å². The maximum Gasteiger partial charge on any atom is 0.0780 e. The van der Waals surface area contributed by atoms with E-state index in [9.17, 15) is 0 Å². The van der Waals surface area contributed by atoms with Crippen LogP contribution in [0.1, 0.15) is 54.7 Å². The number of benzene rings is 2. The van der Waals surface area contributed by atoms with Crippen molar-refractivity contribution in [3.05, 3.63) is 65.4 Å². The fourth-order valence-electron chi connectivity index (χ4n) is 5.55. The second-order valence-corrected chi connectivity index (χ2v) is 8.64. The normalized spacial score (nSPS) is 24.9. The van der Waals surface area contributed by atoms with E-state index in [1.54, 1.807) is 5.56 Å². The standard InChI is InChI=1S/C25H27N/c1-16-11-17(2)13-22(12-16)25-23-8-7-20(15-21(23)9-10-26-25)24-14-18-3-5-19(24)6-4-18/h7-13,15,18-19,24H,3-6,14H2,1-2H3. The molecule has 2 bridgehead atoms. The molecular weight excluding hydrogens is 314 g/mol. The minimum absolute atomic E-state index is 0.782. The molecule has 3 aliphatic rings. The first-order chi connectivity index (χ1) is 12.7. The molecule has 0 radical (unpaired) electrons. The van der Waals surface area contributed by atoms with Crippen molar-refractivity contribution in [2.45, 2.75) is 51.9 Å². The Hall–Kier alpha value is -2.15. The number of aromatic nitrogens is 1. The van der Waals surface area contributed by atoms with Crippen LogP contribution in [0.25, 0.3) is 22.0 Å². The lowest BCUT2D eigenvalue weighted by Crippen LogP contribution is -2.29. The van der Waals surface area contributed by atoms with Gasteiger partial charge in [0.1, 0.15) is 0 Å². The van der Waals surface area contributed by atoms with Gasteiger partial charge in [-0.25, -0.2) is 0 Å². The highest BCUT2D eigenvalue weighted by molar-refractivity contribution is 5.95. The Morgan fingerprint density at radius 2 is 1.62 bits per heavy atom. The minimum Gasteiger partial charge on any atom is -0.256 e. The molecule has 2 aromatic carbocycles. The predicted molar refractivity (Wildman–Crippen MR) is 109 cm³/mol. The van der Waals surface area contributed by atoms with Crippen LogP contribution in [0.5, 0.6) is 0 Å². The molecule has 1 aromatic heterocycles. The number of pyridine rings is 1. The molecule has 0 spiro atoms. The molecule has 1 nitrogen and oxygen atoms in total. The van der Waals surface area contributed by atoms with E-state index in [1.165, 1.54) is 59.6 Å². The SMILES string of the molecule is Cc1cc(C)cc(-c2nccc3cc(C4CC5CCC4CC5)ccc23)c1. The van der Waals surface area contributed by atoms with Gasteiger partial charge in [-0.05, 0) is 80.0 Å². The largest absolute Gasteiger partial charge is 0.256 e. The summed E-state index contributed by atoms with van der Waals surface area (Å²) in [5.74, 6) is 2.67. The second kappa shape index (κ2) is 6.23. The first-order valence-corrected chi connectivity index (χ1v) is 10.1. The summed E-state index contributed by atoms with van der Waals surface area (Å²) in [4.78, 5) is 4.74. The minimum atomic E-state index is 0.782. The van der Waals surface area contributed by atoms with Crippen molar-refractivity contribution in [3.63, 3.8) is 0 Å². The van der Waals surface area contributed by atoms with E-state index < -0.39 is 0 Å². The van der Waals surface area contributed by atoms with Gasteiger partial charge in [0.05, 0.1) is 5.69 Å². The molecule has 1 atom stereocenters. The van der Waals surface area contributed by atoms with Gasteiger partial charge in [0, 0.05) is 17.1 Å². The van der Waals surface area contributed by atoms with Crippen molar-refractivity contribution < 1.29 is 0 Å². The molecule has 0 saturated heterocycles. The van der Waals surface area contributed by atoms with Crippen molar-refractivity contribution in [2.24, 2.45) is 11.8 Å². The Labute approximate surface area is 156 Å². The topological polar surface area (TPSA) is 12.9 Å². The van der Waals surface area contributed by atoms with Gasteiger partial charge in [0.15, 0.2) is 0 Å². The number of fused-ring (bicyclic) bond motifs is 4. The Bertz CT molecular complexity index is 943. The third-order valence-electron chi connectivity index (χ3n) is 6.76. The van der Waals surface area contributed by atoms with Crippen LogP contribution in [-0.2, 0) is 0 Å². The molecule has 26 heavy (non-hydrogen) atoms. The highest BCUT2D eigenvalue weighted by Crippen LogP contribution is 2.50. The maximum absolute atomic E-state index is 4.74. The lowest BCUT2D eigenvalue weighted by molar-refractivity contribution is 0.145. The van der Waals surface area contributed by atoms with Crippen molar-refractivity contribution >= 4 is 10.8 Å². The van der Waals surface area contributed by atoms with Crippen LogP contribution in [0, 0.1) is 25.7 Å². The van der Waals surface area contributed by atoms with E-state index in [0.29, 0.717) is 0 Å². The highest BCUT2D eigenvalue weighted by atomic mass is 14.7. The zero-order valence-electron chi connectivity index (χ0n) is 15.8. The fraction of sp³-hybridized carbons (Fsp3) is 0.400. The average molecular weight is 341 g/mol. The number of nitrogens with zero attached hydrogens (tertiary/aromatic N) is 1. The van der Waals surface area contributed by atoms with E-state index in [4.69, 9.17) is 4.98 Å². The summed E-state index contributed by atoms with van der Waals surface area (Å²) in [6, 6.07) is 16.1. The van der Waals surface area contributed by atoms with E-state index in [-0.39, 0.29) is 0 Å². The molecule has 3 aliphatic carbocycles. The van der Waals surface area contributed by atoms with Crippen LogP contribution in [0.4, 0.5) is 0 Å².